The third-order valence-corrected chi connectivity index (χ3v) is 10.5. The fraction of sp³-hybridized carbons (Fsp3) is 0.870. The number of ether oxygens (including phenoxy) is 1. The van der Waals surface area contributed by atoms with E-state index in [9.17, 15) is 15.0 Å². The van der Waals surface area contributed by atoms with E-state index in [0.717, 1.165) is 38.8 Å². The topological polar surface area (TPSA) is 70.0 Å². The van der Waals surface area contributed by atoms with Gasteiger partial charge in [-0.3, -0.25) is 9.69 Å². The van der Waals surface area contributed by atoms with Crippen LogP contribution in [-0.2, 0) is 9.53 Å². The quantitative estimate of drug-likeness (QED) is 0.534. The van der Waals surface area contributed by atoms with Crippen molar-refractivity contribution in [2.45, 2.75) is 64.2 Å². The number of aliphatic hydroxyl groups excluding tert-OH is 1. The minimum absolute atomic E-state index is 0.0704. The zero-order valence-corrected chi connectivity index (χ0v) is 17.3. The number of esters is 1. The molecule has 1 spiro atoms. The fourth-order valence-electron chi connectivity index (χ4n) is 9.41. The summed E-state index contributed by atoms with van der Waals surface area (Å²) in [4.78, 5) is 15.2. The number of methoxy groups -OCH3 is 1. The molecular formula is C23H33NO4. The lowest BCUT2D eigenvalue weighted by Gasteiger charge is -2.70. The summed E-state index contributed by atoms with van der Waals surface area (Å²) in [6.45, 7) is 6.26. The molecule has 2 N–H and O–H groups in total. The number of rotatable bonds is 1. The van der Waals surface area contributed by atoms with E-state index in [1.165, 1.54) is 18.3 Å². The molecule has 2 saturated heterocycles. The van der Waals surface area contributed by atoms with Crippen molar-refractivity contribution in [3.63, 3.8) is 0 Å². The summed E-state index contributed by atoms with van der Waals surface area (Å²) < 4.78 is 5.24. The average Bonchev–Trinajstić information content (AvgIpc) is 3.29. The molecule has 6 aliphatic rings. The second kappa shape index (κ2) is 5.22. The molecular weight excluding hydrogens is 354 g/mol. The van der Waals surface area contributed by atoms with Crippen molar-refractivity contribution in [1.29, 1.82) is 0 Å². The van der Waals surface area contributed by atoms with Gasteiger partial charge in [0.05, 0.1) is 19.1 Å². The van der Waals surface area contributed by atoms with Crippen LogP contribution in [0.3, 0.4) is 0 Å². The molecule has 5 nitrogen and oxygen atoms in total. The van der Waals surface area contributed by atoms with Gasteiger partial charge in [-0.15, -0.1) is 0 Å². The van der Waals surface area contributed by atoms with Gasteiger partial charge in [-0.05, 0) is 56.3 Å². The number of carbonyl (C=O) groups excluding carboxylic acids is 1. The van der Waals surface area contributed by atoms with Gasteiger partial charge in [-0.1, -0.05) is 25.0 Å². The molecule has 4 bridgehead atoms. The van der Waals surface area contributed by atoms with Gasteiger partial charge in [0, 0.05) is 29.8 Å². The Morgan fingerprint density at radius 3 is 2.75 bits per heavy atom. The second-order valence-electron chi connectivity index (χ2n) is 10.9. The molecule has 2 saturated carbocycles. The highest BCUT2D eigenvalue weighted by Crippen LogP contribution is 2.79. The van der Waals surface area contributed by atoms with Gasteiger partial charge in [0.25, 0.3) is 0 Å². The van der Waals surface area contributed by atoms with Gasteiger partial charge in [0.15, 0.2) is 0 Å². The van der Waals surface area contributed by atoms with Crippen molar-refractivity contribution < 1.29 is 19.7 Å². The van der Waals surface area contributed by atoms with E-state index in [1.807, 2.05) is 0 Å². The smallest absolute Gasteiger partial charge is 0.309 e. The lowest BCUT2D eigenvalue weighted by molar-refractivity contribution is -0.320. The highest BCUT2D eigenvalue weighted by Gasteiger charge is 2.82. The number of hydrogen-bond acceptors (Lipinski definition) is 5. The first kappa shape index (κ1) is 17.9. The Morgan fingerprint density at radius 1 is 1.25 bits per heavy atom. The molecule has 0 aromatic heterocycles. The largest absolute Gasteiger partial charge is 0.469 e. The first-order valence-electron chi connectivity index (χ1n) is 11.3. The average molecular weight is 388 g/mol. The van der Waals surface area contributed by atoms with Gasteiger partial charge in [0.2, 0.25) is 0 Å². The van der Waals surface area contributed by atoms with E-state index in [0.29, 0.717) is 24.7 Å². The Bertz CT molecular complexity index is 793. The van der Waals surface area contributed by atoms with Crippen LogP contribution >= 0.6 is 0 Å². The number of piperidine rings is 1. The molecule has 4 aliphatic carbocycles. The molecule has 0 aromatic carbocycles. The van der Waals surface area contributed by atoms with Crippen molar-refractivity contribution in [2.24, 2.45) is 40.4 Å². The summed E-state index contributed by atoms with van der Waals surface area (Å²) in [5, 5.41) is 24.2. The monoisotopic (exact) mass is 387 g/mol. The third kappa shape index (κ3) is 1.58. The minimum atomic E-state index is -0.937. The Labute approximate surface area is 167 Å². The van der Waals surface area contributed by atoms with Gasteiger partial charge >= 0.3 is 5.97 Å². The van der Waals surface area contributed by atoms with E-state index < -0.39 is 17.2 Å². The van der Waals surface area contributed by atoms with Gasteiger partial charge in [0.1, 0.15) is 5.72 Å². The summed E-state index contributed by atoms with van der Waals surface area (Å²) >= 11 is 0. The number of hydrogen-bond donors (Lipinski definition) is 2. The predicted octanol–water partition coefficient (Wildman–Crippen LogP) is 2.32. The van der Waals surface area contributed by atoms with Crippen molar-refractivity contribution in [3.8, 4) is 0 Å². The molecule has 6 rings (SSSR count). The van der Waals surface area contributed by atoms with Crippen molar-refractivity contribution in [1.82, 2.24) is 4.90 Å². The van der Waals surface area contributed by atoms with Crippen LogP contribution in [0.5, 0.6) is 0 Å². The molecule has 0 radical (unpaired) electrons. The molecule has 2 aliphatic heterocycles. The standard InChI is InChI=1S/C23H33NO4/c1-12-10-24-11-14-6-4-13-5-7-15-16(20(26)28-3)9-22(19(13)15)21(14,2)18(25)8-17(12)23(22,24)27/h12,14-18,25,27H,4-11H2,1-3H3/t12-,14-,15-,16+,17-,18-,21-,22-,23-/m1/s1. The van der Waals surface area contributed by atoms with Crippen molar-refractivity contribution in [3.05, 3.63) is 11.1 Å². The predicted molar refractivity (Wildman–Crippen MR) is 103 cm³/mol. The highest BCUT2D eigenvalue weighted by atomic mass is 16.5. The van der Waals surface area contributed by atoms with Crippen LogP contribution < -0.4 is 0 Å². The first-order chi connectivity index (χ1) is 13.3. The van der Waals surface area contributed by atoms with E-state index >= 15 is 0 Å². The van der Waals surface area contributed by atoms with Crippen molar-refractivity contribution >= 4 is 5.97 Å². The van der Waals surface area contributed by atoms with Gasteiger partial charge in [-0.2, -0.15) is 0 Å². The summed E-state index contributed by atoms with van der Waals surface area (Å²) in [6, 6.07) is 0. The maximum absolute atomic E-state index is 12.8. The van der Waals surface area contributed by atoms with Crippen LogP contribution in [0.25, 0.3) is 0 Å². The molecule has 4 fully saturated rings. The molecule has 5 heteroatoms. The van der Waals surface area contributed by atoms with Gasteiger partial charge < -0.3 is 14.9 Å². The zero-order valence-electron chi connectivity index (χ0n) is 17.3. The summed E-state index contributed by atoms with van der Waals surface area (Å²) in [5.74, 6) is 0.671. The number of carbonyl (C=O) groups is 1. The van der Waals surface area contributed by atoms with E-state index in [2.05, 4.69) is 18.7 Å². The second-order valence-corrected chi connectivity index (χ2v) is 10.9. The van der Waals surface area contributed by atoms with E-state index in [4.69, 9.17) is 4.74 Å². The number of aliphatic hydroxyl groups is 2. The Kier molecular flexibility index (Phi) is 3.34. The minimum Gasteiger partial charge on any atom is -0.469 e. The summed E-state index contributed by atoms with van der Waals surface area (Å²) in [6.07, 6.45) is 5.11. The maximum Gasteiger partial charge on any atom is 0.309 e. The SMILES string of the molecule is COC(=O)[C@H]1C[C@@]23C4=C(CC[C@@H]5CN6C[C@@H](C)[C@@H](C[C@@H](O)[C@@]52C)[C@]63O)CC[C@@H]41. The number of nitrogens with zero attached hydrogens (tertiary/aromatic N) is 1. The Morgan fingerprint density at radius 2 is 2.00 bits per heavy atom. The van der Waals surface area contributed by atoms with Crippen LogP contribution in [0.2, 0.25) is 0 Å². The molecule has 0 unspecified atom stereocenters. The molecule has 2 heterocycles. The van der Waals surface area contributed by atoms with E-state index in [1.54, 1.807) is 0 Å². The summed E-state index contributed by atoms with van der Waals surface area (Å²) in [7, 11) is 1.49. The third-order valence-electron chi connectivity index (χ3n) is 10.5. The highest BCUT2D eigenvalue weighted by molar-refractivity contribution is 5.75. The fourth-order valence-corrected chi connectivity index (χ4v) is 9.41. The lowest BCUT2D eigenvalue weighted by Crippen LogP contribution is -2.77. The molecule has 154 valence electrons. The van der Waals surface area contributed by atoms with Crippen LogP contribution in [-0.4, -0.2) is 53.1 Å². The van der Waals surface area contributed by atoms with Gasteiger partial charge in [-0.25, -0.2) is 0 Å². The zero-order chi connectivity index (χ0) is 19.6. The molecule has 0 aromatic rings. The van der Waals surface area contributed by atoms with Crippen LogP contribution in [0, 0.1) is 40.4 Å². The first-order valence-corrected chi connectivity index (χ1v) is 11.3. The lowest BCUT2D eigenvalue weighted by atomic mass is 9.41. The summed E-state index contributed by atoms with van der Waals surface area (Å²) in [5.41, 5.74) is 1.04. The normalized spacial score (nSPS) is 56.6. The van der Waals surface area contributed by atoms with E-state index in [-0.39, 0.29) is 29.1 Å². The Hall–Kier alpha value is -0.910. The maximum atomic E-state index is 12.8. The Balaban J connectivity index is 1.67. The van der Waals surface area contributed by atoms with Crippen LogP contribution in [0.15, 0.2) is 11.1 Å². The molecule has 9 atom stereocenters. The van der Waals surface area contributed by atoms with Crippen molar-refractivity contribution in [2.75, 3.05) is 20.2 Å². The molecule has 28 heavy (non-hydrogen) atoms. The van der Waals surface area contributed by atoms with Crippen LogP contribution in [0.4, 0.5) is 0 Å². The molecule has 0 amide bonds. The number of allylic oxidation sites excluding steroid dienone is 1. The van der Waals surface area contributed by atoms with Crippen LogP contribution in [0.1, 0.15) is 52.4 Å².